The number of carbonyl (C=O) groups excluding carboxylic acids is 1. The molecule has 0 bridgehead atoms. The molecule has 23 heavy (non-hydrogen) atoms. The number of Topliss-reactive ketones (excluding diaryl/α,β-unsaturated/α-hetero) is 1. The minimum absolute atomic E-state index is 0.00880. The van der Waals surface area contributed by atoms with Crippen molar-refractivity contribution in [2.75, 3.05) is 0 Å². The number of carbonyl (C=O) groups is 1. The van der Waals surface area contributed by atoms with Crippen LogP contribution in [0.1, 0.15) is 47.0 Å². The standard InChI is InChI=1S/C21H29NO/c1-8-12-20(22-11-4)21(23)14-13-17(7)19(10-3)15-18(9-2)16(5)6/h8,10-12,15H,3-4,7,9,13-14H2,1-2,5-6H3/b12-8-,19-15+,22-20+. The molecule has 0 aliphatic heterocycles. The summed E-state index contributed by atoms with van der Waals surface area (Å²) >= 11 is 0. The zero-order valence-corrected chi connectivity index (χ0v) is 15.0. The maximum absolute atomic E-state index is 12.2. The van der Waals surface area contributed by atoms with Crippen LogP contribution < -0.4 is 0 Å². The van der Waals surface area contributed by atoms with E-state index in [9.17, 15) is 4.79 Å². The first kappa shape index (κ1) is 20.8. The van der Waals surface area contributed by atoms with Gasteiger partial charge in [-0.05, 0) is 56.4 Å². The molecule has 0 saturated heterocycles. The lowest BCUT2D eigenvalue weighted by molar-refractivity contribution is -0.112. The lowest BCUT2D eigenvalue weighted by atomic mass is 9.96. The Morgan fingerprint density at radius 2 is 1.83 bits per heavy atom. The molecule has 0 rings (SSSR count). The van der Waals surface area contributed by atoms with Crippen LogP contribution in [0, 0.1) is 0 Å². The molecule has 0 aliphatic rings. The van der Waals surface area contributed by atoms with Crippen molar-refractivity contribution in [1.29, 1.82) is 0 Å². The first-order valence-corrected chi connectivity index (χ1v) is 7.94. The number of ketones is 1. The second kappa shape index (κ2) is 11.4. The summed E-state index contributed by atoms with van der Waals surface area (Å²) in [6, 6.07) is 0. The monoisotopic (exact) mass is 311 g/mol. The average molecular weight is 311 g/mol. The topological polar surface area (TPSA) is 29.4 Å². The smallest absolute Gasteiger partial charge is 0.181 e. The quantitative estimate of drug-likeness (QED) is 0.364. The van der Waals surface area contributed by atoms with E-state index in [0.717, 1.165) is 17.6 Å². The largest absolute Gasteiger partial charge is 0.292 e. The van der Waals surface area contributed by atoms with Gasteiger partial charge in [-0.15, -0.1) is 0 Å². The Balaban J connectivity index is 5.06. The number of nitrogens with zero attached hydrogens (tertiary/aromatic N) is 1. The second-order valence-electron chi connectivity index (χ2n) is 5.41. The van der Waals surface area contributed by atoms with Gasteiger partial charge in [-0.2, -0.15) is 0 Å². The average Bonchev–Trinajstić information content (AvgIpc) is 2.52. The molecular formula is C21H29NO. The Hall–Kier alpha value is -2.22. The fourth-order valence-electron chi connectivity index (χ4n) is 2.09. The van der Waals surface area contributed by atoms with Gasteiger partial charge in [0.1, 0.15) is 5.71 Å². The van der Waals surface area contributed by atoms with E-state index in [1.165, 1.54) is 17.3 Å². The number of aliphatic imine (C=N–C) groups is 1. The van der Waals surface area contributed by atoms with Gasteiger partial charge in [0.15, 0.2) is 5.78 Å². The molecule has 0 radical (unpaired) electrons. The minimum Gasteiger partial charge on any atom is -0.292 e. The van der Waals surface area contributed by atoms with Crippen LogP contribution in [0.2, 0.25) is 0 Å². The van der Waals surface area contributed by atoms with Gasteiger partial charge in [0, 0.05) is 12.6 Å². The van der Waals surface area contributed by atoms with E-state index in [-0.39, 0.29) is 5.78 Å². The van der Waals surface area contributed by atoms with Gasteiger partial charge in [0.2, 0.25) is 0 Å². The SMILES string of the molecule is C=C/N=C(\C=C/C)C(=O)CCC(=C)/C(C=C)=C/C(CC)=C(C)C. The highest BCUT2D eigenvalue weighted by atomic mass is 16.1. The molecule has 0 aromatic heterocycles. The normalized spacial score (nSPS) is 12.2. The zero-order chi connectivity index (χ0) is 17.8. The highest BCUT2D eigenvalue weighted by Gasteiger charge is 2.10. The molecule has 0 aromatic carbocycles. The summed E-state index contributed by atoms with van der Waals surface area (Å²) in [5, 5.41) is 0. The van der Waals surface area contributed by atoms with Crippen molar-refractivity contribution in [2.45, 2.75) is 47.0 Å². The molecule has 0 amide bonds. The molecule has 0 fully saturated rings. The van der Waals surface area contributed by atoms with E-state index >= 15 is 0 Å². The maximum atomic E-state index is 12.2. The molecule has 0 atom stereocenters. The molecule has 2 heteroatoms. The van der Waals surface area contributed by atoms with Gasteiger partial charge in [-0.25, -0.2) is 0 Å². The van der Waals surface area contributed by atoms with Gasteiger partial charge >= 0.3 is 0 Å². The van der Waals surface area contributed by atoms with E-state index in [1.807, 2.05) is 6.92 Å². The predicted molar refractivity (Wildman–Crippen MR) is 103 cm³/mol. The molecule has 124 valence electrons. The number of hydrogen-bond acceptors (Lipinski definition) is 2. The van der Waals surface area contributed by atoms with Crippen LogP contribution in [0.4, 0.5) is 0 Å². The number of hydrogen-bond donors (Lipinski definition) is 0. The molecular weight excluding hydrogens is 282 g/mol. The highest BCUT2D eigenvalue weighted by molar-refractivity contribution is 6.44. The van der Waals surface area contributed by atoms with Gasteiger partial charge in [-0.1, -0.05) is 50.5 Å². The van der Waals surface area contributed by atoms with Crippen LogP contribution in [-0.4, -0.2) is 11.5 Å². The third-order valence-corrected chi connectivity index (χ3v) is 3.48. The van der Waals surface area contributed by atoms with Gasteiger partial charge in [0.05, 0.1) is 0 Å². The minimum atomic E-state index is -0.00880. The van der Waals surface area contributed by atoms with Crippen molar-refractivity contribution in [1.82, 2.24) is 0 Å². The van der Waals surface area contributed by atoms with E-state index in [1.54, 1.807) is 18.2 Å². The van der Waals surface area contributed by atoms with Crippen molar-refractivity contribution < 1.29 is 4.79 Å². The first-order valence-electron chi connectivity index (χ1n) is 7.94. The van der Waals surface area contributed by atoms with E-state index < -0.39 is 0 Å². The molecule has 0 N–H and O–H groups in total. The Morgan fingerprint density at radius 1 is 1.17 bits per heavy atom. The van der Waals surface area contributed by atoms with Crippen LogP contribution in [0.3, 0.4) is 0 Å². The Kier molecular flexibility index (Phi) is 10.3. The van der Waals surface area contributed by atoms with Gasteiger partial charge < -0.3 is 0 Å². The summed E-state index contributed by atoms with van der Waals surface area (Å²) in [4.78, 5) is 16.2. The third kappa shape index (κ3) is 7.55. The van der Waals surface area contributed by atoms with Crippen molar-refractivity contribution in [3.63, 3.8) is 0 Å². The summed E-state index contributed by atoms with van der Waals surface area (Å²) in [7, 11) is 0. The van der Waals surface area contributed by atoms with Crippen molar-refractivity contribution in [3.05, 3.63) is 72.5 Å². The number of allylic oxidation sites excluding steroid dienone is 8. The summed E-state index contributed by atoms with van der Waals surface area (Å²) in [5.74, 6) is -0.00880. The molecule has 0 saturated carbocycles. The Bertz CT molecular complexity index is 579. The van der Waals surface area contributed by atoms with Crippen LogP contribution in [0.25, 0.3) is 0 Å². The number of rotatable bonds is 10. The Morgan fingerprint density at radius 3 is 2.26 bits per heavy atom. The van der Waals surface area contributed by atoms with Crippen LogP contribution in [0.5, 0.6) is 0 Å². The summed E-state index contributed by atoms with van der Waals surface area (Å²) in [6.45, 7) is 19.7. The van der Waals surface area contributed by atoms with Gasteiger partial charge in [0.25, 0.3) is 0 Å². The van der Waals surface area contributed by atoms with E-state index in [0.29, 0.717) is 18.6 Å². The predicted octanol–water partition coefficient (Wildman–Crippen LogP) is 5.91. The lowest BCUT2D eigenvalue weighted by Gasteiger charge is -2.09. The van der Waals surface area contributed by atoms with Crippen LogP contribution >= 0.6 is 0 Å². The van der Waals surface area contributed by atoms with Gasteiger partial charge in [-0.3, -0.25) is 9.79 Å². The fraction of sp³-hybridized carbons (Fsp3) is 0.333. The molecule has 0 unspecified atom stereocenters. The second-order valence-corrected chi connectivity index (χ2v) is 5.41. The third-order valence-electron chi connectivity index (χ3n) is 3.48. The summed E-state index contributed by atoms with van der Waals surface area (Å²) in [5.41, 5.74) is 4.89. The molecule has 0 aliphatic carbocycles. The highest BCUT2D eigenvalue weighted by Crippen LogP contribution is 2.20. The molecule has 2 nitrogen and oxygen atoms in total. The zero-order valence-electron chi connectivity index (χ0n) is 15.0. The lowest BCUT2D eigenvalue weighted by Crippen LogP contribution is -2.11. The molecule has 0 heterocycles. The molecule has 0 aromatic rings. The van der Waals surface area contributed by atoms with Crippen LogP contribution in [-0.2, 0) is 4.79 Å². The summed E-state index contributed by atoms with van der Waals surface area (Å²) in [6.07, 6.45) is 10.7. The summed E-state index contributed by atoms with van der Waals surface area (Å²) < 4.78 is 0. The van der Waals surface area contributed by atoms with Crippen molar-refractivity contribution in [3.8, 4) is 0 Å². The van der Waals surface area contributed by atoms with E-state index in [2.05, 4.69) is 51.6 Å². The van der Waals surface area contributed by atoms with Crippen LogP contribution in [0.15, 0.2) is 77.5 Å². The molecule has 0 spiro atoms. The van der Waals surface area contributed by atoms with E-state index in [4.69, 9.17) is 0 Å². The van der Waals surface area contributed by atoms with Crippen molar-refractivity contribution >= 4 is 11.5 Å². The Labute approximate surface area is 141 Å². The fourth-order valence-corrected chi connectivity index (χ4v) is 2.09. The van der Waals surface area contributed by atoms with Crippen molar-refractivity contribution in [2.24, 2.45) is 4.99 Å². The first-order chi connectivity index (χ1) is 10.9. The maximum Gasteiger partial charge on any atom is 0.181 e.